The molecular weight excluding hydrogens is 734 g/mol. The van der Waals surface area contributed by atoms with Gasteiger partial charge < -0.3 is 20.7 Å². The number of ether oxygens (including phenoxy) is 1. The molecule has 0 aliphatic heterocycles. The fourth-order valence-corrected chi connectivity index (χ4v) is 6.53. The van der Waals surface area contributed by atoms with Crippen LogP contribution in [0.15, 0.2) is 179 Å². The Bertz CT molecular complexity index is 2150. The Morgan fingerprint density at radius 2 is 1.29 bits per heavy atom. The van der Waals surface area contributed by atoms with Crippen LogP contribution in [0, 0.1) is 0 Å². The molecule has 0 aliphatic rings. The van der Waals surface area contributed by atoms with E-state index < -0.39 is 17.1 Å². The van der Waals surface area contributed by atoms with Crippen molar-refractivity contribution in [2.45, 2.75) is 16.8 Å². The monoisotopic (exact) mass is 767 g/mol. The molecule has 6 rings (SSSR count). The van der Waals surface area contributed by atoms with Gasteiger partial charge in [0.2, 0.25) is 5.91 Å². The molecule has 0 bridgehead atoms. The van der Waals surface area contributed by atoms with E-state index in [4.69, 9.17) is 4.74 Å². The molecule has 6 aromatic rings. The normalized spacial score (nSPS) is 11.6. The SMILES string of the molecule is O=C(Nc1ccc(SC(C(=O)Nc2ccccc2Br)c2ccccc2)cc1)/C(=C/c1ccc(OCc2ccccc2)cc1)NC(=O)c1ccccc1. The Balaban J connectivity index is 1.17. The summed E-state index contributed by atoms with van der Waals surface area (Å²) in [5.41, 5.74) is 4.30. The fraction of sp³-hybridized carbons (Fsp3) is 0.0465. The predicted molar refractivity (Wildman–Crippen MR) is 212 cm³/mol. The maximum absolute atomic E-state index is 13.7. The number of benzene rings is 6. The summed E-state index contributed by atoms with van der Waals surface area (Å²) in [5, 5.41) is 8.18. The Hall–Kier alpha value is -5.90. The molecule has 6 aromatic carbocycles. The number of anilines is 2. The van der Waals surface area contributed by atoms with Crippen LogP contribution < -0.4 is 20.7 Å². The van der Waals surface area contributed by atoms with Crippen LogP contribution in [0.4, 0.5) is 11.4 Å². The molecule has 0 aliphatic carbocycles. The first-order valence-corrected chi connectivity index (χ1v) is 18.1. The van der Waals surface area contributed by atoms with Gasteiger partial charge in [-0.15, -0.1) is 11.8 Å². The number of nitrogens with one attached hydrogen (secondary N) is 3. The number of para-hydroxylation sites is 1. The number of halogens is 1. The van der Waals surface area contributed by atoms with Crippen molar-refractivity contribution in [3.63, 3.8) is 0 Å². The number of rotatable bonds is 13. The molecule has 0 spiro atoms. The number of carbonyl (C=O) groups excluding carboxylic acids is 3. The molecule has 9 heteroatoms. The molecule has 0 aromatic heterocycles. The van der Waals surface area contributed by atoms with E-state index in [2.05, 4.69) is 31.9 Å². The average molecular weight is 769 g/mol. The van der Waals surface area contributed by atoms with Crippen LogP contribution >= 0.6 is 27.7 Å². The molecule has 52 heavy (non-hydrogen) atoms. The van der Waals surface area contributed by atoms with E-state index in [1.165, 1.54) is 11.8 Å². The summed E-state index contributed by atoms with van der Waals surface area (Å²) in [6.07, 6.45) is 1.62. The fourth-order valence-electron chi connectivity index (χ4n) is 5.12. The summed E-state index contributed by atoms with van der Waals surface area (Å²) in [7, 11) is 0. The summed E-state index contributed by atoms with van der Waals surface area (Å²) in [5.74, 6) is -0.396. The van der Waals surface area contributed by atoms with Crippen molar-refractivity contribution in [1.82, 2.24) is 5.32 Å². The molecule has 0 saturated carbocycles. The van der Waals surface area contributed by atoms with Gasteiger partial charge >= 0.3 is 0 Å². The molecule has 0 radical (unpaired) electrons. The molecule has 258 valence electrons. The summed E-state index contributed by atoms with van der Waals surface area (Å²) in [6.45, 7) is 0.430. The summed E-state index contributed by atoms with van der Waals surface area (Å²) in [4.78, 5) is 41.2. The lowest BCUT2D eigenvalue weighted by molar-refractivity contribution is -0.116. The molecule has 3 N–H and O–H groups in total. The van der Waals surface area contributed by atoms with Gasteiger partial charge in [0.25, 0.3) is 11.8 Å². The van der Waals surface area contributed by atoms with Crippen molar-refractivity contribution >= 4 is 62.9 Å². The van der Waals surface area contributed by atoms with Gasteiger partial charge in [-0.1, -0.05) is 103 Å². The third-order valence-corrected chi connectivity index (χ3v) is 9.76. The standard InChI is InChI=1S/C43H34BrN3O4S/c44-37-18-10-11-19-38(37)46-43(50)40(32-14-6-2-7-15-32)52-36-26-22-34(23-27-36)45-42(49)39(47-41(48)33-16-8-3-9-17-33)28-30-20-24-35(25-21-30)51-29-31-12-4-1-5-13-31/h1-28,40H,29H2,(H,45,49)(H,46,50)(H,47,48)/b39-28-. The minimum absolute atomic E-state index is 0.0677. The van der Waals surface area contributed by atoms with Crippen LogP contribution in [0.3, 0.4) is 0 Å². The van der Waals surface area contributed by atoms with E-state index in [9.17, 15) is 14.4 Å². The minimum Gasteiger partial charge on any atom is -0.489 e. The van der Waals surface area contributed by atoms with Gasteiger partial charge in [0.05, 0.1) is 5.69 Å². The van der Waals surface area contributed by atoms with Crippen LogP contribution in [0.2, 0.25) is 0 Å². The highest BCUT2D eigenvalue weighted by atomic mass is 79.9. The van der Waals surface area contributed by atoms with E-state index in [1.54, 1.807) is 42.5 Å². The van der Waals surface area contributed by atoms with Crippen LogP contribution in [0.5, 0.6) is 5.75 Å². The first-order chi connectivity index (χ1) is 25.4. The van der Waals surface area contributed by atoms with Crippen LogP contribution in [-0.4, -0.2) is 17.7 Å². The summed E-state index contributed by atoms with van der Waals surface area (Å²) in [6, 6.07) is 50.2. The van der Waals surface area contributed by atoms with E-state index in [1.807, 2.05) is 127 Å². The second-order valence-electron chi connectivity index (χ2n) is 11.6. The highest BCUT2D eigenvalue weighted by molar-refractivity contribution is 9.10. The Kier molecular flexibility index (Phi) is 12.3. The van der Waals surface area contributed by atoms with E-state index in [0.29, 0.717) is 34.9 Å². The number of amides is 3. The minimum atomic E-state index is -0.536. The maximum atomic E-state index is 13.7. The van der Waals surface area contributed by atoms with Crippen molar-refractivity contribution in [3.8, 4) is 5.75 Å². The van der Waals surface area contributed by atoms with E-state index >= 15 is 0 Å². The molecule has 3 amide bonds. The third kappa shape index (κ3) is 10.1. The van der Waals surface area contributed by atoms with Crippen molar-refractivity contribution in [3.05, 3.63) is 196 Å². The molecule has 1 unspecified atom stereocenters. The summed E-state index contributed by atoms with van der Waals surface area (Å²) >= 11 is 4.91. The average Bonchev–Trinajstić information content (AvgIpc) is 3.19. The zero-order valence-electron chi connectivity index (χ0n) is 27.9. The largest absolute Gasteiger partial charge is 0.489 e. The lowest BCUT2D eigenvalue weighted by atomic mass is 10.1. The van der Waals surface area contributed by atoms with Gasteiger partial charge in [0.15, 0.2) is 0 Å². The zero-order valence-corrected chi connectivity index (χ0v) is 30.3. The van der Waals surface area contributed by atoms with Crippen molar-refractivity contribution in [2.75, 3.05) is 10.6 Å². The highest BCUT2D eigenvalue weighted by Gasteiger charge is 2.23. The molecule has 7 nitrogen and oxygen atoms in total. The van der Waals surface area contributed by atoms with Crippen LogP contribution in [0.1, 0.15) is 32.3 Å². The number of hydrogen-bond donors (Lipinski definition) is 3. The van der Waals surface area contributed by atoms with E-state index in [0.717, 1.165) is 20.5 Å². The second-order valence-corrected chi connectivity index (χ2v) is 13.6. The highest BCUT2D eigenvalue weighted by Crippen LogP contribution is 2.37. The van der Waals surface area contributed by atoms with Crippen molar-refractivity contribution in [1.29, 1.82) is 0 Å². The Morgan fingerprint density at radius 1 is 0.673 bits per heavy atom. The quantitative estimate of drug-likeness (QED) is 0.0804. The topological polar surface area (TPSA) is 96.5 Å². The Morgan fingerprint density at radius 3 is 1.96 bits per heavy atom. The van der Waals surface area contributed by atoms with Crippen LogP contribution in [-0.2, 0) is 16.2 Å². The number of carbonyl (C=O) groups is 3. The van der Waals surface area contributed by atoms with Gasteiger partial charge in [-0.3, -0.25) is 14.4 Å². The first-order valence-electron chi connectivity index (χ1n) is 16.4. The lowest BCUT2D eigenvalue weighted by Gasteiger charge is -2.18. The molecule has 0 saturated heterocycles. The lowest BCUT2D eigenvalue weighted by Crippen LogP contribution is -2.30. The van der Waals surface area contributed by atoms with Crippen molar-refractivity contribution < 1.29 is 19.1 Å². The predicted octanol–water partition coefficient (Wildman–Crippen LogP) is 9.91. The van der Waals surface area contributed by atoms with Gasteiger partial charge in [-0.2, -0.15) is 0 Å². The van der Waals surface area contributed by atoms with Gasteiger partial charge in [-0.05, 0) is 99.4 Å². The maximum Gasteiger partial charge on any atom is 0.272 e. The van der Waals surface area contributed by atoms with Gasteiger partial charge in [0.1, 0.15) is 23.3 Å². The van der Waals surface area contributed by atoms with Gasteiger partial charge in [-0.25, -0.2) is 0 Å². The Labute approximate surface area is 315 Å². The smallest absolute Gasteiger partial charge is 0.272 e. The number of hydrogen-bond acceptors (Lipinski definition) is 5. The third-order valence-electron chi connectivity index (χ3n) is 7.81. The summed E-state index contributed by atoms with van der Waals surface area (Å²) < 4.78 is 6.70. The van der Waals surface area contributed by atoms with Gasteiger partial charge in [0, 0.05) is 20.6 Å². The molecule has 1 atom stereocenters. The molecular formula is C43H34BrN3O4S. The van der Waals surface area contributed by atoms with E-state index in [-0.39, 0.29) is 11.6 Å². The zero-order chi connectivity index (χ0) is 36.1. The second kappa shape index (κ2) is 17.8. The molecule has 0 heterocycles. The molecule has 0 fully saturated rings. The number of thioether (sulfide) groups is 1. The van der Waals surface area contributed by atoms with Crippen LogP contribution in [0.25, 0.3) is 6.08 Å². The first kappa shape index (κ1) is 35.9. The van der Waals surface area contributed by atoms with Crippen molar-refractivity contribution in [2.24, 2.45) is 0 Å².